The maximum atomic E-state index is 14.8. The molecule has 30 heavy (non-hydrogen) atoms. The predicted octanol–water partition coefficient (Wildman–Crippen LogP) is 4.79. The van der Waals surface area contributed by atoms with Gasteiger partial charge in [-0.3, -0.25) is 9.48 Å². The lowest BCUT2D eigenvalue weighted by atomic mass is 9.97. The van der Waals surface area contributed by atoms with Gasteiger partial charge in [0, 0.05) is 24.4 Å². The minimum atomic E-state index is -0.738. The number of carboxylic acids is 1. The molecule has 0 bridgehead atoms. The SMILES string of the molecule is Cc1nn(C)cc1-c1ccc(F)c2c1CC[C@H]2Oc1ccc([C@H]2C[C@@H]2C(=O)O)cc1. The number of ether oxygens (including phenoxy) is 1. The molecule has 3 aromatic rings. The molecule has 1 saturated carbocycles. The zero-order chi connectivity index (χ0) is 21.0. The number of aryl methyl sites for hydroxylation is 2. The van der Waals surface area contributed by atoms with Crippen LogP contribution in [0.25, 0.3) is 11.1 Å². The number of carbonyl (C=O) groups is 1. The van der Waals surface area contributed by atoms with E-state index in [4.69, 9.17) is 9.84 Å². The van der Waals surface area contributed by atoms with Crippen LogP contribution in [-0.4, -0.2) is 20.9 Å². The predicted molar refractivity (Wildman–Crippen MR) is 110 cm³/mol. The molecule has 2 aromatic carbocycles. The van der Waals surface area contributed by atoms with E-state index in [0.29, 0.717) is 24.2 Å². The number of fused-ring (bicyclic) bond motifs is 1. The zero-order valence-electron chi connectivity index (χ0n) is 16.9. The number of halogens is 1. The molecule has 0 amide bonds. The van der Waals surface area contributed by atoms with Gasteiger partial charge in [0.2, 0.25) is 0 Å². The third kappa shape index (κ3) is 3.16. The van der Waals surface area contributed by atoms with Crippen LogP contribution in [0.5, 0.6) is 5.75 Å². The van der Waals surface area contributed by atoms with Gasteiger partial charge in [-0.25, -0.2) is 4.39 Å². The van der Waals surface area contributed by atoms with Crippen molar-refractivity contribution in [2.24, 2.45) is 13.0 Å². The number of nitrogens with zero attached hydrogens (tertiary/aromatic N) is 2. The molecule has 2 aliphatic carbocycles. The second-order valence-electron chi connectivity index (χ2n) is 8.29. The van der Waals surface area contributed by atoms with Crippen LogP contribution in [0.3, 0.4) is 0 Å². The molecule has 154 valence electrons. The Labute approximate surface area is 174 Å². The highest BCUT2D eigenvalue weighted by molar-refractivity contribution is 5.75. The molecule has 2 aliphatic rings. The summed E-state index contributed by atoms with van der Waals surface area (Å²) in [4.78, 5) is 11.1. The first-order valence-corrected chi connectivity index (χ1v) is 10.2. The zero-order valence-corrected chi connectivity index (χ0v) is 16.9. The Morgan fingerprint density at radius 3 is 2.60 bits per heavy atom. The molecular formula is C24H23FN2O3. The smallest absolute Gasteiger partial charge is 0.307 e. The first-order chi connectivity index (χ1) is 14.4. The van der Waals surface area contributed by atoms with Crippen molar-refractivity contribution >= 4 is 5.97 Å². The van der Waals surface area contributed by atoms with Gasteiger partial charge < -0.3 is 9.84 Å². The lowest BCUT2D eigenvalue weighted by Crippen LogP contribution is -2.06. The molecule has 1 heterocycles. The van der Waals surface area contributed by atoms with Crippen molar-refractivity contribution in [2.75, 3.05) is 0 Å². The quantitative estimate of drug-likeness (QED) is 0.662. The van der Waals surface area contributed by atoms with Crippen LogP contribution < -0.4 is 4.74 Å². The largest absolute Gasteiger partial charge is 0.486 e. The third-order valence-corrected chi connectivity index (χ3v) is 6.28. The van der Waals surface area contributed by atoms with Crippen molar-refractivity contribution < 1.29 is 19.0 Å². The van der Waals surface area contributed by atoms with Crippen molar-refractivity contribution in [1.82, 2.24) is 9.78 Å². The van der Waals surface area contributed by atoms with Crippen molar-refractivity contribution in [3.05, 3.63) is 70.8 Å². The summed E-state index contributed by atoms with van der Waals surface area (Å²) in [5.41, 5.74) is 5.61. The Morgan fingerprint density at radius 2 is 1.97 bits per heavy atom. The molecule has 6 heteroatoms. The molecule has 1 N–H and O–H groups in total. The molecule has 0 aliphatic heterocycles. The van der Waals surface area contributed by atoms with Gasteiger partial charge in [-0.05, 0) is 67.0 Å². The first-order valence-electron chi connectivity index (χ1n) is 10.2. The minimum absolute atomic E-state index is 0.0893. The Bertz CT molecular complexity index is 1140. The minimum Gasteiger partial charge on any atom is -0.486 e. The highest BCUT2D eigenvalue weighted by Crippen LogP contribution is 2.48. The summed E-state index contributed by atoms with van der Waals surface area (Å²) in [6, 6.07) is 10.9. The maximum Gasteiger partial charge on any atom is 0.307 e. The third-order valence-electron chi connectivity index (χ3n) is 6.28. The number of aliphatic carboxylic acids is 1. The van der Waals surface area contributed by atoms with E-state index in [-0.39, 0.29) is 23.8 Å². The van der Waals surface area contributed by atoms with Gasteiger partial charge in [0.05, 0.1) is 11.6 Å². The molecule has 0 unspecified atom stereocenters. The van der Waals surface area contributed by atoms with Crippen LogP contribution in [-0.2, 0) is 18.3 Å². The highest BCUT2D eigenvalue weighted by atomic mass is 19.1. The monoisotopic (exact) mass is 406 g/mol. The molecular weight excluding hydrogens is 383 g/mol. The second kappa shape index (κ2) is 6.97. The summed E-state index contributed by atoms with van der Waals surface area (Å²) < 4.78 is 22.7. The number of benzene rings is 2. The molecule has 5 rings (SSSR count). The number of carboxylic acid groups (broad SMARTS) is 1. The topological polar surface area (TPSA) is 64.4 Å². The van der Waals surface area contributed by atoms with Crippen molar-refractivity contribution in [3.8, 4) is 16.9 Å². The molecule has 0 radical (unpaired) electrons. The van der Waals surface area contributed by atoms with E-state index in [9.17, 15) is 9.18 Å². The van der Waals surface area contributed by atoms with Gasteiger partial charge >= 0.3 is 5.97 Å². The van der Waals surface area contributed by atoms with E-state index in [1.54, 1.807) is 4.68 Å². The second-order valence-corrected chi connectivity index (χ2v) is 8.29. The number of rotatable bonds is 5. The fraction of sp³-hybridized carbons (Fsp3) is 0.333. The Kier molecular flexibility index (Phi) is 4.38. The molecule has 0 saturated heterocycles. The van der Waals surface area contributed by atoms with Crippen LogP contribution >= 0.6 is 0 Å². The van der Waals surface area contributed by atoms with E-state index in [2.05, 4.69) is 5.10 Å². The van der Waals surface area contributed by atoms with Crippen molar-refractivity contribution in [1.29, 1.82) is 0 Å². The van der Waals surface area contributed by atoms with Crippen LogP contribution in [0.2, 0.25) is 0 Å². The van der Waals surface area contributed by atoms with Gasteiger partial charge in [-0.15, -0.1) is 0 Å². The molecule has 1 fully saturated rings. The fourth-order valence-electron chi connectivity index (χ4n) is 4.70. The van der Waals surface area contributed by atoms with Crippen LogP contribution in [0, 0.1) is 18.7 Å². The van der Waals surface area contributed by atoms with E-state index < -0.39 is 5.97 Å². The lowest BCUT2D eigenvalue weighted by Gasteiger charge is -2.17. The van der Waals surface area contributed by atoms with Gasteiger partial charge in [0.15, 0.2) is 0 Å². The summed E-state index contributed by atoms with van der Waals surface area (Å²) in [5.74, 6) is -0.491. The Balaban J connectivity index is 1.39. The Hall–Kier alpha value is -3.15. The van der Waals surface area contributed by atoms with E-state index in [0.717, 1.165) is 34.4 Å². The normalized spacial score (nSPS) is 22.0. The van der Waals surface area contributed by atoms with Crippen molar-refractivity contribution in [2.45, 2.75) is 38.2 Å². The summed E-state index contributed by atoms with van der Waals surface area (Å²) in [6.07, 6.45) is 3.79. The fourth-order valence-corrected chi connectivity index (χ4v) is 4.70. The first kappa shape index (κ1) is 18.9. The number of hydrogen-bond donors (Lipinski definition) is 1. The average Bonchev–Trinajstić information content (AvgIpc) is 3.31. The summed E-state index contributed by atoms with van der Waals surface area (Å²) in [5, 5.41) is 13.5. The van der Waals surface area contributed by atoms with E-state index in [1.165, 1.54) is 6.07 Å². The number of hydrogen-bond acceptors (Lipinski definition) is 3. The summed E-state index contributed by atoms with van der Waals surface area (Å²) >= 11 is 0. The molecule has 0 spiro atoms. The maximum absolute atomic E-state index is 14.8. The van der Waals surface area contributed by atoms with Crippen LogP contribution in [0.15, 0.2) is 42.6 Å². The van der Waals surface area contributed by atoms with Crippen LogP contribution in [0.1, 0.15) is 47.2 Å². The van der Waals surface area contributed by atoms with Gasteiger partial charge in [-0.2, -0.15) is 5.10 Å². The Morgan fingerprint density at radius 1 is 1.20 bits per heavy atom. The standard InChI is InChI=1S/C24H23FN2O3/c1-13-20(12-27(2)26-13)16-7-9-21(25)23-17(16)8-10-22(23)30-15-5-3-14(4-6-15)18-11-19(18)24(28)29/h3-7,9,12,18-19,22H,8,10-11H2,1-2H3,(H,28,29)/t18-,19+,22-/m1/s1. The molecule has 3 atom stereocenters. The molecule has 1 aromatic heterocycles. The van der Waals surface area contributed by atoms with Gasteiger partial charge in [-0.1, -0.05) is 18.2 Å². The van der Waals surface area contributed by atoms with Gasteiger partial charge in [0.25, 0.3) is 0 Å². The highest BCUT2D eigenvalue weighted by Gasteiger charge is 2.44. The molecule has 5 nitrogen and oxygen atoms in total. The summed E-state index contributed by atoms with van der Waals surface area (Å²) in [7, 11) is 1.89. The average molecular weight is 406 g/mol. The van der Waals surface area contributed by atoms with E-state index in [1.807, 2.05) is 50.5 Å². The van der Waals surface area contributed by atoms with Gasteiger partial charge in [0.1, 0.15) is 17.7 Å². The van der Waals surface area contributed by atoms with Crippen molar-refractivity contribution in [3.63, 3.8) is 0 Å². The van der Waals surface area contributed by atoms with Crippen LogP contribution in [0.4, 0.5) is 4.39 Å². The lowest BCUT2D eigenvalue weighted by molar-refractivity contribution is -0.138. The number of aromatic nitrogens is 2. The van der Waals surface area contributed by atoms with E-state index >= 15 is 0 Å². The summed E-state index contributed by atoms with van der Waals surface area (Å²) in [6.45, 7) is 1.96.